The SMILES string of the molecule is CC1CCNCC1NC(=O)c1ccc(F)c(C(F)(F)F)c1.Cl. The van der Waals surface area contributed by atoms with Crippen molar-refractivity contribution in [3.63, 3.8) is 0 Å². The van der Waals surface area contributed by atoms with Crippen molar-refractivity contribution in [3.05, 3.63) is 35.1 Å². The molecule has 2 N–H and O–H groups in total. The summed E-state index contributed by atoms with van der Waals surface area (Å²) in [6.45, 7) is 3.39. The van der Waals surface area contributed by atoms with Crippen molar-refractivity contribution in [2.24, 2.45) is 5.92 Å². The van der Waals surface area contributed by atoms with E-state index in [0.717, 1.165) is 19.0 Å². The van der Waals surface area contributed by atoms with Crippen molar-refractivity contribution in [2.75, 3.05) is 13.1 Å². The Kier molecular flexibility index (Phi) is 6.19. The second kappa shape index (κ2) is 7.28. The molecule has 124 valence electrons. The lowest BCUT2D eigenvalue weighted by Crippen LogP contribution is -2.50. The van der Waals surface area contributed by atoms with Crippen LogP contribution in [0, 0.1) is 11.7 Å². The molecule has 0 bridgehead atoms. The molecular formula is C14H17ClF4N2O. The Balaban J connectivity index is 0.00000242. The molecule has 2 unspecified atom stereocenters. The van der Waals surface area contributed by atoms with E-state index in [9.17, 15) is 22.4 Å². The summed E-state index contributed by atoms with van der Waals surface area (Å²) in [5.41, 5.74) is -1.62. The van der Waals surface area contributed by atoms with Crippen molar-refractivity contribution in [2.45, 2.75) is 25.6 Å². The van der Waals surface area contributed by atoms with E-state index in [1.165, 1.54) is 0 Å². The largest absolute Gasteiger partial charge is 0.419 e. The Morgan fingerprint density at radius 3 is 2.64 bits per heavy atom. The molecule has 1 aliphatic heterocycles. The maximum atomic E-state index is 13.2. The smallest absolute Gasteiger partial charge is 0.348 e. The third kappa shape index (κ3) is 4.33. The molecule has 1 fully saturated rings. The van der Waals surface area contributed by atoms with Gasteiger partial charge in [-0.2, -0.15) is 13.2 Å². The molecule has 0 radical (unpaired) electrons. The summed E-state index contributed by atoms with van der Waals surface area (Å²) < 4.78 is 51.1. The van der Waals surface area contributed by atoms with E-state index in [4.69, 9.17) is 0 Å². The Hall–Kier alpha value is -1.34. The first kappa shape index (κ1) is 18.7. The Morgan fingerprint density at radius 1 is 1.36 bits per heavy atom. The lowest BCUT2D eigenvalue weighted by Gasteiger charge is -2.30. The molecule has 22 heavy (non-hydrogen) atoms. The van der Waals surface area contributed by atoms with Gasteiger partial charge in [0.05, 0.1) is 5.56 Å². The molecule has 0 spiro atoms. The van der Waals surface area contributed by atoms with E-state index in [1.807, 2.05) is 6.92 Å². The van der Waals surface area contributed by atoms with Gasteiger partial charge in [0, 0.05) is 18.2 Å². The van der Waals surface area contributed by atoms with Gasteiger partial charge in [0.25, 0.3) is 5.91 Å². The number of amides is 1. The Morgan fingerprint density at radius 2 is 2.05 bits per heavy atom. The van der Waals surface area contributed by atoms with E-state index >= 15 is 0 Å². The number of hydrogen-bond donors (Lipinski definition) is 2. The number of halogens is 5. The number of nitrogens with one attached hydrogen (secondary N) is 2. The highest BCUT2D eigenvalue weighted by molar-refractivity contribution is 5.94. The summed E-state index contributed by atoms with van der Waals surface area (Å²) in [6, 6.07) is 2.12. The van der Waals surface area contributed by atoms with Gasteiger partial charge in [-0.3, -0.25) is 4.79 Å². The molecule has 1 saturated heterocycles. The van der Waals surface area contributed by atoms with Crippen LogP contribution in [0.15, 0.2) is 18.2 Å². The fourth-order valence-corrected chi connectivity index (χ4v) is 2.32. The number of alkyl halides is 3. The summed E-state index contributed by atoms with van der Waals surface area (Å²) >= 11 is 0. The molecule has 0 aliphatic carbocycles. The summed E-state index contributed by atoms with van der Waals surface area (Å²) in [4.78, 5) is 12.0. The second-order valence-corrected chi connectivity index (χ2v) is 5.24. The number of rotatable bonds is 2. The van der Waals surface area contributed by atoms with Crippen molar-refractivity contribution < 1.29 is 22.4 Å². The minimum absolute atomic E-state index is 0. The quantitative estimate of drug-likeness (QED) is 0.813. The normalized spacial score (nSPS) is 21.9. The van der Waals surface area contributed by atoms with E-state index < -0.39 is 23.5 Å². The molecule has 3 nitrogen and oxygen atoms in total. The summed E-state index contributed by atoms with van der Waals surface area (Å²) in [5.74, 6) is -1.77. The standard InChI is InChI=1S/C14H16F4N2O.ClH/c1-8-4-5-19-7-12(8)20-13(21)9-2-3-11(15)10(6-9)14(16,17)18;/h2-3,6,8,12,19H,4-5,7H2,1H3,(H,20,21);1H. The van der Waals surface area contributed by atoms with Crippen molar-refractivity contribution in [1.29, 1.82) is 0 Å². The topological polar surface area (TPSA) is 41.1 Å². The van der Waals surface area contributed by atoms with Crippen LogP contribution < -0.4 is 10.6 Å². The van der Waals surface area contributed by atoms with Crippen molar-refractivity contribution >= 4 is 18.3 Å². The molecule has 1 aromatic carbocycles. The second-order valence-electron chi connectivity index (χ2n) is 5.24. The van der Waals surface area contributed by atoms with Gasteiger partial charge in [-0.1, -0.05) is 6.92 Å². The van der Waals surface area contributed by atoms with Crippen molar-refractivity contribution in [1.82, 2.24) is 10.6 Å². The third-order valence-corrected chi connectivity index (χ3v) is 3.68. The van der Waals surface area contributed by atoms with Crippen LogP contribution in [0.2, 0.25) is 0 Å². The molecule has 0 saturated carbocycles. The van der Waals surface area contributed by atoms with E-state index in [0.29, 0.717) is 18.7 Å². The summed E-state index contributed by atoms with van der Waals surface area (Å²) in [7, 11) is 0. The van der Waals surface area contributed by atoms with Gasteiger partial charge in [-0.25, -0.2) is 4.39 Å². The Labute approximate surface area is 131 Å². The van der Waals surface area contributed by atoms with E-state index in [2.05, 4.69) is 10.6 Å². The van der Waals surface area contributed by atoms with Crippen LogP contribution in [0.4, 0.5) is 17.6 Å². The maximum Gasteiger partial charge on any atom is 0.419 e. The van der Waals surface area contributed by atoms with Gasteiger partial charge in [0.2, 0.25) is 0 Å². The molecule has 1 heterocycles. The predicted molar refractivity (Wildman–Crippen MR) is 76.6 cm³/mol. The molecule has 1 aliphatic rings. The fraction of sp³-hybridized carbons (Fsp3) is 0.500. The third-order valence-electron chi connectivity index (χ3n) is 3.68. The minimum atomic E-state index is -4.82. The summed E-state index contributed by atoms with van der Waals surface area (Å²) in [5, 5.41) is 5.80. The molecule has 2 atom stereocenters. The lowest BCUT2D eigenvalue weighted by molar-refractivity contribution is -0.140. The van der Waals surface area contributed by atoms with Gasteiger partial charge < -0.3 is 10.6 Å². The first-order valence-electron chi connectivity index (χ1n) is 6.67. The van der Waals surface area contributed by atoms with E-state index in [-0.39, 0.29) is 29.9 Å². The first-order valence-corrected chi connectivity index (χ1v) is 6.67. The lowest BCUT2D eigenvalue weighted by atomic mass is 9.94. The van der Waals surface area contributed by atoms with Gasteiger partial charge in [0.1, 0.15) is 5.82 Å². The highest BCUT2D eigenvalue weighted by Gasteiger charge is 2.35. The number of benzene rings is 1. The molecule has 2 rings (SSSR count). The van der Waals surface area contributed by atoms with Crippen LogP contribution in [0.5, 0.6) is 0 Å². The molecule has 0 aromatic heterocycles. The molecule has 1 amide bonds. The van der Waals surface area contributed by atoms with E-state index in [1.54, 1.807) is 0 Å². The van der Waals surface area contributed by atoms with Crippen molar-refractivity contribution in [3.8, 4) is 0 Å². The molecule has 1 aromatic rings. The van der Waals surface area contributed by atoms with Crippen LogP contribution in [0.1, 0.15) is 29.3 Å². The van der Waals surface area contributed by atoms with Gasteiger partial charge in [-0.15, -0.1) is 12.4 Å². The van der Waals surface area contributed by atoms with Crippen LogP contribution in [0.3, 0.4) is 0 Å². The van der Waals surface area contributed by atoms with Crippen LogP contribution in [-0.4, -0.2) is 25.0 Å². The number of carbonyl (C=O) groups excluding carboxylic acids is 1. The monoisotopic (exact) mass is 340 g/mol. The molecule has 8 heteroatoms. The fourth-order valence-electron chi connectivity index (χ4n) is 2.32. The first-order chi connectivity index (χ1) is 9.79. The highest BCUT2D eigenvalue weighted by Crippen LogP contribution is 2.31. The van der Waals surface area contributed by atoms with Crippen LogP contribution in [-0.2, 0) is 6.18 Å². The molecular weight excluding hydrogens is 324 g/mol. The van der Waals surface area contributed by atoms with Crippen LogP contribution in [0.25, 0.3) is 0 Å². The average molecular weight is 341 g/mol. The highest BCUT2D eigenvalue weighted by atomic mass is 35.5. The zero-order valence-electron chi connectivity index (χ0n) is 11.8. The number of piperidine rings is 1. The maximum absolute atomic E-state index is 13.2. The zero-order chi connectivity index (χ0) is 15.6. The number of carbonyl (C=O) groups is 1. The zero-order valence-corrected chi connectivity index (χ0v) is 12.7. The van der Waals surface area contributed by atoms with Crippen LogP contribution >= 0.6 is 12.4 Å². The van der Waals surface area contributed by atoms with Gasteiger partial charge >= 0.3 is 6.18 Å². The Bertz CT molecular complexity index is 536. The minimum Gasteiger partial charge on any atom is -0.348 e. The number of hydrogen-bond acceptors (Lipinski definition) is 2. The van der Waals surface area contributed by atoms with Gasteiger partial charge in [-0.05, 0) is 37.1 Å². The predicted octanol–water partition coefficient (Wildman–Crippen LogP) is 2.99. The average Bonchev–Trinajstić information content (AvgIpc) is 2.40. The van der Waals surface area contributed by atoms with Gasteiger partial charge in [0.15, 0.2) is 0 Å². The summed E-state index contributed by atoms with van der Waals surface area (Å²) in [6.07, 6.45) is -3.94.